The van der Waals surface area contributed by atoms with Gasteiger partial charge in [-0.1, -0.05) is 19.9 Å². The number of amides is 2. The summed E-state index contributed by atoms with van der Waals surface area (Å²) in [4.78, 5) is 46.8. The molecule has 41 heavy (non-hydrogen) atoms. The number of anilines is 1. The van der Waals surface area contributed by atoms with E-state index in [4.69, 9.17) is 16.2 Å². The van der Waals surface area contributed by atoms with Crippen LogP contribution in [0.2, 0.25) is 0 Å². The number of aliphatic hydroxyl groups excluding tert-OH is 1. The first-order valence-electron chi connectivity index (χ1n) is 14.2. The van der Waals surface area contributed by atoms with E-state index in [9.17, 15) is 23.9 Å². The molecule has 12 nitrogen and oxygen atoms in total. The van der Waals surface area contributed by atoms with Crippen LogP contribution in [0.3, 0.4) is 0 Å². The zero-order valence-electron chi connectivity index (χ0n) is 23.9. The number of hydrogen-bond acceptors (Lipinski definition) is 8. The first kappa shape index (κ1) is 32.2. The molecule has 2 aliphatic rings. The number of halogens is 1. The van der Waals surface area contributed by atoms with Crippen LogP contribution >= 0.6 is 0 Å². The van der Waals surface area contributed by atoms with E-state index in [0.717, 1.165) is 18.8 Å². The van der Waals surface area contributed by atoms with E-state index in [2.05, 4.69) is 20.5 Å². The van der Waals surface area contributed by atoms with Gasteiger partial charge in [0.15, 0.2) is 11.7 Å². The average molecular weight is 578 g/mol. The molecule has 2 heterocycles. The first-order chi connectivity index (χ1) is 19.6. The molecule has 0 saturated carbocycles. The maximum Gasteiger partial charge on any atom is 0.252 e. The lowest BCUT2D eigenvalue weighted by molar-refractivity contribution is -0.138. The van der Waals surface area contributed by atoms with Gasteiger partial charge in [0.05, 0.1) is 25.3 Å². The number of Topliss-reactive ketones (excluding diaryl/α,β-unsaturated/α-hetero) is 1. The van der Waals surface area contributed by atoms with Crippen LogP contribution in [0.1, 0.15) is 49.9 Å². The fourth-order valence-electron chi connectivity index (χ4n) is 5.23. The number of aliphatic imine (C=N–C) groups is 1. The van der Waals surface area contributed by atoms with E-state index < -0.39 is 36.8 Å². The summed E-state index contributed by atoms with van der Waals surface area (Å²) in [6, 6.07) is 4.85. The van der Waals surface area contributed by atoms with Gasteiger partial charge in [-0.3, -0.25) is 24.7 Å². The van der Waals surface area contributed by atoms with Gasteiger partial charge in [0.25, 0.3) is 5.91 Å². The number of carbonyl (C=O) groups is 3. The molecule has 3 rings (SSSR count). The highest BCUT2D eigenvalue weighted by atomic mass is 19.1. The molecular weight excluding hydrogens is 533 g/mol. The number of morpholine rings is 1. The number of ketones is 1. The Morgan fingerprint density at radius 2 is 1.93 bits per heavy atom. The Labute approximate surface area is 240 Å². The number of carbonyl (C=O) groups excluding carboxylic acids is 3. The van der Waals surface area contributed by atoms with Crippen molar-refractivity contribution in [1.82, 2.24) is 15.5 Å². The number of likely N-dealkylation sites (tertiary alicyclic amines) is 1. The molecule has 13 heteroatoms. The summed E-state index contributed by atoms with van der Waals surface area (Å²) in [5.41, 5.74) is 12.0. The Hall–Kier alpha value is -3.29. The summed E-state index contributed by atoms with van der Waals surface area (Å²) in [5.74, 6) is -1.69. The van der Waals surface area contributed by atoms with Crippen molar-refractivity contribution in [3.63, 3.8) is 0 Å². The monoisotopic (exact) mass is 577 g/mol. The van der Waals surface area contributed by atoms with Crippen LogP contribution in [-0.2, 0) is 14.3 Å². The lowest BCUT2D eigenvalue weighted by Crippen LogP contribution is -2.58. The first-order valence-corrected chi connectivity index (χ1v) is 14.2. The predicted octanol–water partition coefficient (Wildman–Crippen LogP) is 0.137. The maximum atomic E-state index is 13.7. The zero-order valence-corrected chi connectivity index (χ0v) is 23.9. The van der Waals surface area contributed by atoms with Crippen molar-refractivity contribution < 1.29 is 28.6 Å². The van der Waals surface area contributed by atoms with Gasteiger partial charge in [0, 0.05) is 37.4 Å². The summed E-state index contributed by atoms with van der Waals surface area (Å²) in [7, 11) is 0. The molecule has 2 saturated heterocycles. The van der Waals surface area contributed by atoms with E-state index >= 15 is 0 Å². The molecule has 0 spiro atoms. The second-order valence-electron chi connectivity index (χ2n) is 10.8. The second kappa shape index (κ2) is 15.6. The highest BCUT2D eigenvalue weighted by molar-refractivity contribution is 5.98. The van der Waals surface area contributed by atoms with Gasteiger partial charge >= 0.3 is 0 Å². The summed E-state index contributed by atoms with van der Waals surface area (Å²) >= 11 is 0. The predicted molar refractivity (Wildman–Crippen MR) is 154 cm³/mol. The minimum atomic E-state index is -1.27. The van der Waals surface area contributed by atoms with Crippen LogP contribution in [0.5, 0.6) is 0 Å². The molecule has 4 atom stereocenters. The Bertz CT molecular complexity index is 1060. The lowest BCUT2D eigenvalue weighted by Gasteiger charge is -2.34. The number of alkyl halides is 1. The second-order valence-corrected chi connectivity index (χ2v) is 10.8. The number of benzene rings is 1. The van der Waals surface area contributed by atoms with E-state index in [1.54, 1.807) is 11.0 Å². The van der Waals surface area contributed by atoms with Crippen LogP contribution in [-0.4, -0.2) is 104 Å². The van der Waals surface area contributed by atoms with Crippen molar-refractivity contribution in [2.75, 3.05) is 51.0 Å². The SMILES string of the molecule is CC(C)[C@H](NC(=O)c1cccc(N2CCOCC2)c1)C(=O)N1CCC[C@H]1C(O)N[C@@H](CCCN=C(N)N)C(=O)CF. The molecule has 1 aromatic carbocycles. The number of rotatable bonds is 14. The summed E-state index contributed by atoms with van der Waals surface area (Å²) in [6.45, 7) is 5.87. The largest absolute Gasteiger partial charge is 0.378 e. The van der Waals surface area contributed by atoms with Crippen LogP contribution in [0.15, 0.2) is 29.3 Å². The quantitative estimate of drug-likeness (QED) is 0.0891. The lowest BCUT2D eigenvalue weighted by atomic mass is 10.0. The smallest absolute Gasteiger partial charge is 0.252 e. The molecular formula is C28H44FN7O5. The molecule has 2 aliphatic heterocycles. The Morgan fingerprint density at radius 3 is 2.59 bits per heavy atom. The van der Waals surface area contributed by atoms with Crippen LogP contribution in [0.25, 0.3) is 0 Å². The number of hydrogen-bond donors (Lipinski definition) is 5. The molecule has 1 aromatic rings. The van der Waals surface area contributed by atoms with Crippen molar-refractivity contribution in [2.24, 2.45) is 22.4 Å². The van der Waals surface area contributed by atoms with Crippen LogP contribution < -0.4 is 27.0 Å². The van der Waals surface area contributed by atoms with Gasteiger partial charge in [-0.2, -0.15) is 0 Å². The van der Waals surface area contributed by atoms with Crippen molar-refractivity contribution in [3.8, 4) is 0 Å². The highest BCUT2D eigenvalue weighted by Gasteiger charge is 2.39. The third-order valence-electron chi connectivity index (χ3n) is 7.49. The highest BCUT2D eigenvalue weighted by Crippen LogP contribution is 2.23. The van der Waals surface area contributed by atoms with Crippen LogP contribution in [0, 0.1) is 5.92 Å². The fourth-order valence-corrected chi connectivity index (χ4v) is 5.23. The summed E-state index contributed by atoms with van der Waals surface area (Å²) in [5, 5.41) is 16.7. The van der Waals surface area contributed by atoms with Crippen molar-refractivity contribution in [1.29, 1.82) is 0 Å². The van der Waals surface area contributed by atoms with Gasteiger partial charge < -0.3 is 36.4 Å². The molecule has 0 aliphatic carbocycles. The third-order valence-corrected chi connectivity index (χ3v) is 7.49. The molecule has 0 bridgehead atoms. The molecule has 2 amide bonds. The van der Waals surface area contributed by atoms with Crippen molar-refractivity contribution in [3.05, 3.63) is 29.8 Å². The zero-order chi connectivity index (χ0) is 29.9. The number of nitrogens with two attached hydrogens (primary N) is 2. The number of nitrogens with one attached hydrogen (secondary N) is 2. The number of ether oxygens (including phenoxy) is 1. The van der Waals surface area contributed by atoms with Crippen molar-refractivity contribution >= 4 is 29.2 Å². The van der Waals surface area contributed by atoms with Gasteiger partial charge in [0.2, 0.25) is 5.91 Å². The van der Waals surface area contributed by atoms with Gasteiger partial charge in [0.1, 0.15) is 18.9 Å². The van der Waals surface area contributed by atoms with E-state index in [1.165, 1.54) is 0 Å². The van der Waals surface area contributed by atoms with Gasteiger partial charge in [-0.05, 0) is 49.8 Å². The van der Waals surface area contributed by atoms with Crippen LogP contribution in [0.4, 0.5) is 10.1 Å². The number of aliphatic hydroxyl groups is 1. The Morgan fingerprint density at radius 1 is 1.20 bits per heavy atom. The number of nitrogens with zero attached hydrogens (tertiary/aromatic N) is 3. The molecule has 0 radical (unpaired) electrons. The summed E-state index contributed by atoms with van der Waals surface area (Å²) in [6.07, 6.45) is 0.479. The third kappa shape index (κ3) is 9.10. The molecule has 228 valence electrons. The fraction of sp³-hybridized carbons (Fsp3) is 0.643. The average Bonchev–Trinajstić information content (AvgIpc) is 3.47. The minimum Gasteiger partial charge on any atom is -0.378 e. The minimum absolute atomic E-state index is 0.0805. The molecule has 2 fully saturated rings. The van der Waals surface area contributed by atoms with E-state index in [1.807, 2.05) is 32.0 Å². The maximum absolute atomic E-state index is 13.7. The Kier molecular flexibility index (Phi) is 12.3. The normalized spacial score (nSPS) is 19.5. The van der Waals surface area contributed by atoms with Gasteiger partial charge in [-0.15, -0.1) is 0 Å². The van der Waals surface area contributed by atoms with E-state index in [-0.39, 0.29) is 36.7 Å². The summed E-state index contributed by atoms with van der Waals surface area (Å²) < 4.78 is 18.7. The van der Waals surface area contributed by atoms with Crippen molar-refractivity contribution in [2.45, 2.75) is 63.9 Å². The van der Waals surface area contributed by atoms with Gasteiger partial charge in [-0.25, -0.2) is 4.39 Å². The number of guanidine groups is 1. The Balaban J connectivity index is 1.67. The molecule has 1 unspecified atom stereocenters. The standard InChI is InChI=1S/C28H44FN7O5/c1-18(2)24(34-25(38)19-6-3-7-20(16-19)35-12-14-41-15-13-35)27(40)36-11-5-9-22(36)26(39)33-21(23(37)17-29)8-4-10-32-28(30)31/h3,6-7,16,18,21-22,24,26,33,39H,4-5,8-15,17H2,1-2H3,(H,34,38)(H4,30,31,32)/t21-,22-,24-,26?/m0/s1. The molecule has 7 N–H and O–H groups in total. The topological polar surface area (TPSA) is 176 Å². The van der Waals surface area contributed by atoms with E-state index in [0.29, 0.717) is 44.6 Å². The molecule has 0 aromatic heterocycles.